The van der Waals surface area contributed by atoms with E-state index in [1.807, 2.05) is 37.3 Å². The van der Waals surface area contributed by atoms with E-state index in [0.29, 0.717) is 41.0 Å². The molecule has 1 saturated heterocycles. The summed E-state index contributed by atoms with van der Waals surface area (Å²) < 4.78 is 7.28. The number of benzene rings is 2. The van der Waals surface area contributed by atoms with Crippen LogP contribution < -0.4 is 10.5 Å². The van der Waals surface area contributed by atoms with Crippen LogP contribution >= 0.6 is 11.6 Å². The molecule has 168 valence electrons. The second-order valence-electron chi connectivity index (χ2n) is 8.20. The summed E-state index contributed by atoms with van der Waals surface area (Å²) in [5.74, 6) is 0.630. The van der Waals surface area contributed by atoms with Crippen LogP contribution in [0.25, 0.3) is 22.4 Å². The van der Waals surface area contributed by atoms with E-state index in [-0.39, 0.29) is 23.8 Å². The molecule has 3 heterocycles. The number of fused-ring (bicyclic) bond motifs is 1. The van der Waals surface area contributed by atoms with Crippen LogP contribution in [0.4, 0.5) is 5.69 Å². The average molecular weight is 464 g/mol. The van der Waals surface area contributed by atoms with Gasteiger partial charge in [-0.3, -0.25) is 9.59 Å². The van der Waals surface area contributed by atoms with Crippen LogP contribution in [0.1, 0.15) is 37.3 Å². The Bertz CT molecular complexity index is 1430. The normalized spacial score (nSPS) is 16.2. The summed E-state index contributed by atoms with van der Waals surface area (Å²) >= 11 is 6.08. The van der Waals surface area contributed by atoms with Crippen molar-refractivity contribution in [3.63, 3.8) is 0 Å². The second kappa shape index (κ2) is 8.44. The van der Waals surface area contributed by atoms with Crippen LogP contribution in [0, 0.1) is 6.92 Å². The highest BCUT2D eigenvalue weighted by molar-refractivity contribution is 6.30. The molecule has 0 spiro atoms. The molecule has 0 radical (unpaired) electrons. The molecule has 0 aliphatic carbocycles. The van der Waals surface area contributed by atoms with Gasteiger partial charge in [0.1, 0.15) is 5.69 Å². The maximum Gasteiger partial charge on any atom is 0.272 e. The van der Waals surface area contributed by atoms with Gasteiger partial charge in [-0.25, -0.2) is 4.98 Å². The zero-order valence-corrected chi connectivity index (χ0v) is 19.0. The van der Waals surface area contributed by atoms with Crippen molar-refractivity contribution in [1.82, 2.24) is 19.7 Å². The van der Waals surface area contributed by atoms with Crippen molar-refractivity contribution in [1.29, 1.82) is 0 Å². The van der Waals surface area contributed by atoms with Crippen molar-refractivity contribution >= 4 is 34.2 Å². The first-order chi connectivity index (χ1) is 15.9. The lowest BCUT2D eigenvalue weighted by atomic mass is 10.1. The smallest absolute Gasteiger partial charge is 0.272 e. The third-order valence-corrected chi connectivity index (χ3v) is 6.09. The minimum absolute atomic E-state index is 0.0127. The summed E-state index contributed by atoms with van der Waals surface area (Å²) in [4.78, 5) is 35.8. The Kier molecular flexibility index (Phi) is 5.46. The number of anilines is 1. The molecule has 2 aromatic heterocycles. The minimum atomic E-state index is -0.201. The molecule has 1 fully saturated rings. The summed E-state index contributed by atoms with van der Waals surface area (Å²) in [6.45, 7) is 4.83. The fourth-order valence-corrected chi connectivity index (χ4v) is 4.43. The second-order valence-corrected chi connectivity index (χ2v) is 8.64. The fraction of sp³-hybridized carbons (Fsp3) is 0.292. The molecule has 0 bridgehead atoms. The Hall–Kier alpha value is -3.52. The van der Waals surface area contributed by atoms with E-state index < -0.39 is 0 Å². The Balaban J connectivity index is 1.43. The van der Waals surface area contributed by atoms with Gasteiger partial charge in [-0.1, -0.05) is 29.7 Å². The molecule has 8 nitrogen and oxygen atoms in total. The van der Waals surface area contributed by atoms with Crippen molar-refractivity contribution < 1.29 is 9.32 Å². The summed E-state index contributed by atoms with van der Waals surface area (Å²) in [7, 11) is 0. The lowest BCUT2D eigenvalue weighted by Crippen LogP contribution is -2.24. The van der Waals surface area contributed by atoms with E-state index in [1.54, 1.807) is 28.5 Å². The van der Waals surface area contributed by atoms with Gasteiger partial charge in [-0.2, -0.15) is 4.98 Å². The number of halogens is 1. The van der Waals surface area contributed by atoms with E-state index >= 15 is 0 Å². The zero-order valence-electron chi connectivity index (χ0n) is 18.3. The lowest BCUT2D eigenvalue weighted by Gasteiger charge is -2.16. The highest BCUT2D eigenvalue weighted by atomic mass is 35.5. The van der Waals surface area contributed by atoms with Gasteiger partial charge in [0, 0.05) is 35.8 Å². The molecule has 5 rings (SSSR count). The molecule has 0 N–H and O–H groups in total. The first-order valence-corrected chi connectivity index (χ1v) is 11.2. The summed E-state index contributed by atoms with van der Waals surface area (Å²) in [5, 5.41) is 4.72. The number of hydrogen-bond donors (Lipinski definition) is 0. The third kappa shape index (κ3) is 3.91. The maximum absolute atomic E-state index is 12.6. The predicted molar refractivity (Wildman–Crippen MR) is 125 cm³/mol. The summed E-state index contributed by atoms with van der Waals surface area (Å²) in [6, 6.07) is 12.8. The van der Waals surface area contributed by atoms with Gasteiger partial charge in [-0.05, 0) is 49.7 Å². The molecule has 9 heteroatoms. The summed E-state index contributed by atoms with van der Waals surface area (Å²) in [5.41, 5.74) is 3.35. The SMILES string of the molecule is CCCn1c(=O)c(C)nc2cc(-c3noc([C@@H]4CC(=O)N(c5cccc(Cl)c5)C4)n3)ccc21. The third-order valence-electron chi connectivity index (χ3n) is 5.85. The van der Waals surface area contributed by atoms with Crippen LogP contribution in [-0.2, 0) is 11.3 Å². The Morgan fingerprint density at radius 2 is 2.00 bits per heavy atom. The number of nitrogens with zero attached hydrogens (tertiary/aromatic N) is 5. The number of amides is 1. The van der Waals surface area contributed by atoms with Gasteiger partial charge in [0.25, 0.3) is 5.56 Å². The highest BCUT2D eigenvalue weighted by Crippen LogP contribution is 2.33. The maximum atomic E-state index is 12.6. The first-order valence-electron chi connectivity index (χ1n) is 10.9. The Labute approximate surface area is 194 Å². The number of carbonyl (C=O) groups is 1. The van der Waals surface area contributed by atoms with Gasteiger partial charge in [-0.15, -0.1) is 0 Å². The van der Waals surface area contributed by atoms with E-state index in [9.17, 15) is 9.59 Å². The van der Waals surface area contributed by atoms with Crippen LogP contribution in [-0.4, -0.2) is 32.1 Å². The van der Waals surface area contributed by atoms with Gasteiger partial charge in [0.05, 0.1) is 17.0 Å². The standard InChI is InChI=1S/C24H22ClN5O3/c1-3-9-29-20-8-7-15(10-19(20)26-14(2)24(29)32)22-27-23(33-28-22)16-11-21(31)30(13-16)18-6-4-5-17(25)12-18/h4-8,10,12,16H,3,9,11,13H2,1-2H3/t16-/m1/s1. The van der Waals surface area contributed by atoms with Crippen molar-refractivity contribution in [2.75, 3.05) is 11.4 Å². The van der Waals surface area contributed by atoms with Crippen molar-refractivity contribution in [2.24, 2.45) is 0 Å². The van der Waals surface area contributed by atoms with Crippen molar-refractivity contribution in [3.05, 3.63) is 69.4 Å². The minimum Gasteiger partial charge on any atom is -0.339 e. The van der Waals surface area contributed by atoms with Crippen molar-refractivity contribution in [2.45, 2.75) is 39.2 Å². The topological polar surface area (TPSA) is 94.1 Å². The fourth-order valence-electron chi connectivity index (χ4n) is 4.24. The monoisotopic (exact) mass is 463 g/mol. The molecule has 1 aliphatic heterocycles. The Morgan fingerprint density at radius 3 is 2.79 bits per heavy atom. The molecule has 1 amide bonds. The molecule has 4 aromatic rings. The van der Waals surface area contributed by atoms with Crippen molar-refractivity contribution in [3.8, 4) is 11.4 Å². The molecular formula is C24H22ClN5O3. The van der Waals surface area contributed by atoms with Crippen LogP contribution in [0.3, 0.4) is 0 Å². The van der Waals surface area contributed by atoms with Crippen LogP contribution in [0.5, 0.6) is 0 Å². The summed E-state index contributed by atoms with van der Waals surface area (Å²) in [6.07, 6.45) is 1.14. The van der Waals surface area contributed by atoms with Gasteiger partial charge in [0.2, 0.25) is 17.6 Å². The van der Waals surface area contributed by atoms with E-state index in [2.05, 4.69) is 15.1 Å². The quantitative estimate of drug-likeness (QED) is 0.437. The molecule has 0 unspecified atom stereocenters. The predicted octanol–water partition coefficient (Wildman–Crippen LogP) is 4.34. The van der Waals surface area contributed by atoms with Gasteiger partial charge in [0.15, 0.2) is 0 Å². The number of hydrogen-bond acceptors (Lipinski definition) is 6. The van der Waals surface area contributed by atoms with Crippen LogP contribution in [0.2, 0.25) is 5.02 Å². The number of carbonyl (C=O) groups excluding carboxylic acids is 1. The van der Waals surface area contributed by atoms with E-state index in [0.717, 1.165) is 23.2 Å². The molecule has 2 aromatic carbocycles. The zero-order chi connectivity index (χ0) is 23.1. The molecule has 33 heavy (non-hydrogen) atoms. The molecule has 0 saturated carbocycles. The molecular weight excluding hydrogens is 442 g/mol. The van der Waals surface area contributed by atoms with E-state index in [1.165, 1.54) is 0 Å². The van der Waals surface area contributed by atoms with Gasteiger partial charge < -0.3 is 14.0 Å². The highest BCUT2D eigenvalue weighted by Gasteiger charge is 2.35. The number of aromatic nitrogens is 4. The lowest BCUT2D eigenvalue weighted by molar-refractivity contribution is -0.117. The average Bonchev–Trinajstić information content (AvgIpc) is 3.43. The van der Waals surface area contributed by atoms with Gasteiger partial charge >= 0.3 is 0 Å². The largest absolute Gasteiger partial charge is 0.339 e. The molecule has 1 aliphatic rings. The van der Waals surface area contributed by atoms with E-state index in [4.69, 9.17) is 16.1 Å². The number of rotatable bonds is 5. The molecule has 1 atom stereocenters. The Morgan fingerprint density at radius 1 is 1.15 bits per heavy atom. The first kappa shape index (κ1) is 21.3. The number of aryl methyl sites for hydroxylation is 2. The van der Waals surface area contributed by atoms with Crippen LogP contribution in [0.15, 0.2) is 51.8 Å².